The van der Waals surface area contributed by atoms with Crippen molar-refractivity contribution < 1.29 is 23.8 Å². The van der Waals surface area contributed by atoms with Gasteiger partial charge in [0.1, 0.15) is 5.82 Å². The van der Waals surface area contributed by atoms with Crippen molar-refractivity contribution in [2.45, 2.75) is 31.7 Å². The van der Waals surface area contributed by atoms with E-state index in [1.54, 1.807) is 29.2 Å². The molecule has 0 spiro atoms. The number of ether oxygens (including phenoxy) is 1. The van der Waals surface area contributed by atoms with Crippen LogP contribution in [0.4, 0.5) is 4.39 Å². The maximum absolute atomic E-state index is 13.1. The average molecular weight is 335 g/mol. The van der Waals surface area contributed by atoms with Crippen LogP contribution < -0.4 is 0 Å². The molecule has 2 rings (SSSR count). The zero-order valence-electron chi connectivity index (χ0n) is 13.5. The highest BCUT2D eigenvalue weighted by Crippen LogP contribution is 2.16. The van der Waals surface area contributed by atoms with Crippen molar-refractivity contribution in [1.82, 2.24) is 4.90 Å². The molecule has 1 N–H and O–H groups in total. The maximum Gasteiger partial charge on any atom is 0.305 e. The Morgan fingerprint density at radius 2 is 2.08 bits per heavy atom. The molecule has 0 aromatic heterocycles. The third-order valence-corrected chi connectivity index (χ3v) is 3.97. The fourth-order valence-electron chi connectivity index (χ4n) is 2.75. The lowest BCUT2D eigenvalue weighted by molar-refractivity contribution is -0.140. The van der Waals surface area contributed by atoms with E-state index in [9.17, 15) is 14.0 Å². The number of nitrogens with zero attached hydrogens (tertiary/aromatic N) is 1. The van der Waals surface area contributed by atoms with E-state index < -0.39 is 5.97 Å². The summed E-state index contributed by atoms with van der Waals surface area (Å²) in [5.74, 6) is -1.36. The number of amides is 1. The van der Waals surface area contributed by atoms with E-state index in [0.29, 0.717) is 18.8 Å². The molecule has 1 fully saturated rings. The van der Waals surface area contributed by atoms with Gasteiger partial charge in [0.15, 0.2) is 0 Å². The second-order valence-corrected chi connectivity index (χ2v) is 5.74. The molecule has 1 heterocycles. The Labute approximate surface area is 140 Å². The molecule has 0 atom stereocenters. The number of carboxylic acids is 1. The van der Waals surface area contributed by atoms with E-state index in [2.05, 4.69) is 0 Å². The summed E-state index contributed by atoms with van der Waals surface area (Å²) in [7, 11) is 0. The number of rotatable bonds is 7. The summed E-state index contributed by atoms with van der Waals surface area (Å²) < 4.78 is 18.4. The predicted octanol–water partition coefficient (Wildman–Crippen LogP) is 2.71. The monoisotopic (exact) mass is 335 g/mol. The lowest BCUT2D eigenvalue weighted by Crippen LogP contribution is -2.44. The molecular formula is C18H22FNO4. The quantitative estimate of drug-likeness (QED) is 0.832. The first-order valence-electron chi connectivity index (χ1n) is 8.07. The van der Waals surface area contributed by atoms with Crippen LogP contribution in [-0.4, -0.2) is 47.7 Å². The van der Waals surface area contributed by atoms with Crippen LogP contribution in [-0.2, 0) is 14.3 Å². The van der Waals surface area contributed by atoms with Crippen molar-refractivity contribution in [2.24, 2.45) is 0 Å². The zero-order chi connectivity index (χ0) is 17.4. The SMILES string of the molecule is O=C(O)CCN(C(=O)C/C=C/c1cccc(F)c1)C1CCOCC1. The van der Waals surface area contributed by atoms with Crippen molar-refractivity contribution in [1.29, 1.82) is 0 Å². The number of carbonyl (C=O) groups excluding carboxylic acids is 1. The Morgan fingerprint density at radius 3 is 2.75 bits per heavy atom. The third kappa shape index (κ3) is 5.77. The normalized spacial score (nSPS) is 15.5. The van der Waals surface area contributed by atoms with Crippen LogP contribution in [0.1, 0.15) is 31.2 Å². The molecule has 130 valence electrons. The summed E-state index contributed by atoms with van der Waals surface area (Å²) in [6.07, 6.45) is 4.91. The van der Waals surface area contributed by atoms with E-state index >= 15 is 0 Å². The first-order chi connectivity index (χ1) is 11.6. The fraction of sp³-hybridized carbons (Fsp3) is 0.444. The van der Waals surface area contributed by atoms with E-state index in [1.165, 1.54) is 12.1 Å². The summed E-state index contributed by atoms with van der Waals surface area (Å²) in [6.45, 7) is 1.37. The molecule has 1 aromatic rings. The number of aliphatic carboxylic acids is 1. The van der Waals surface area contributed by atoms with Gasteiger partial charge in [-0.15, -0.1) is 0 Å². The summed E-state index contributed by atoms with van der Waals surface area (Å²) in [5.41, 5.74) is 0.686. The average Bonchev–Trinajstić information content (AvgIpc) is 2.56. The van der Waals surface area contributed by atoms with E-state index in [1.807, 2.05) is 0 Å². The Bertz CT molecular complexity index is 596. The standard InChI is InChI=1S/C18H22FNO4/c19-15-5-1-3-14(13-15)4-2-6-17(21)20(10-7-18(22)23)16-8-11-24-12-9-16/h1-5,13,16H,6-12H2,(H,22,23)/b4-2+. The highest BCUT2D eigenvalue weighted by molar-refractivity contribution is 5.79. The van der Waals surface area contributed by atoms with Crippen LogP contribution in [0.15, 0.2) is 30.3 Å². The van der Waals surface area contributed by atoms with Gasteiger partial charge in [0.05, 0.1) is 6.42 Å². The first-order valence-corrected chi connectivity index (χ1v) is 8.07. The van der Waals surface area contributed by atoms with Crippen LogP contribution in [0.2, 0.25) is 0 Å². The van der Waals surface area contributed by atoms with Gasteiger partial charge in [-0.3, -0.25) is 9.59 Å². The smallest absolute Gasteiger partial charge is 0.305 e. The number of hydrogen-bond donors (Lipinski definition) is 1. The predicted molar refractivity (Wildman–Crippen MR) is 87.9 cm³/mol. The van der Waals surface area contributed by atoms with Crippen LogP contribution in [0.3, 0.4) is 0 Å². The number of halogens is 1. The molecule has 1 aromatic carbocycles. The van der Waals surface area contributed by atoms with Gasteiger partial charge in [0.25, 0.3) is 0 Å². The Morgan fingerprint density at radius 1 is 1.33 bits per heavy atom. The fourth-order valence-corrected chi connectivity index (χ4v) is 2.75. The van der Waals surface area contributed by atoms with Gasteiger partial charge >= 0.3 is 5.97 Å². The molecule has 24 heavy (non-hydrogen) atoms. The number of hydrogen-bond acceptors (Lipinski definition) is 3. The van der Waals surface area contributed by atoms with E-state index in [-0.39, 0.29) is 37.2 Å². The maximum atomic E-state index is 13.1. The molecule has 1 amide bonds. The van der Waals surface area contributed by atoms with Crippen molar-refractivity contribution in [2.75, 3.05) is 19.8 Å². The highest BCUT2D eigenvalue weighted by Gasteiger charge is 2.25. The second-order valence-electron chi connectivity index (χ2n) is 5.74. The molecule has 0 aliphatic carbocycles. The molecular weight excluding hydrogens is 313 g/mol. The van der Waals surface area contributed by atoms with Crippen molar-refractivity contribution in [3.63, 3.8) is 0 Å². The largest absolute Gasteiger partial charge is 0.481 e. The molecule has 1 aliphatic heterocycles. The Kier molecular flexibility index (Phi) is 6.93. The minimum absolute atomic E-state index is 0.0215. The van der Waals surface area contributed by atoms with Crippen LogP contribution in [0, 0.1) is 5.82 Å². The Balaban J connectivity index is 1.96. The van der Waals surface area contributed by atoms with Crippen molar-refractivity contribution in [3.05, 3.63) is 41.7 Å². The van der Waals surface area contributed by atoms with E-state index in [0.717, 1.165) is 12.8 Å². The molecule has 1 saturated heterocycles. The molecule has 0 radical (unpaired) electrons. The van der Waals surface area contributed by atoms with Crippen molar-refractivity contribution in [3.8, 4) is 0 Å². The Hall–Kier alpha value is -2.21. The van der Waals surface area contributed by atoms with Gasteiger partial charge in [-0.05, 0) is 30.5 Å². The minimum Gasteiger partial charge on any atom is -0.481 e. The summed E-state index contributed by atoms with van der Waals surface area (Å²) >= 11 is 0. The summed E-state index contributed by atoms with van der Waals surface area (Å²) in [6, 6.07) is 6.14. The lowest BCUT2D eigenvalue weighted by Gasteiger charge is -2.34. The van der Waals surface area contributed by atoms with Gasteiger partial charge in [0, 0.05) is 32.2 Å². The molecule has 1 aliphatic rings. The molecule has 0 saturated carbocycles. The minimum atomic E-state index is -0.921. The van der Waals surface area contributed by atoms with Crippen molar-refractivity contribution >= 4 is 18.0 Å². The first kappa shape index (κ1) is 18.1. The zero-order valence-corrected chi connectivity index (χ0v) is 13.5. The van der Waals surface area contributed by atoms with Gasteiger partial charge in [-0.2, -0.15) is 0 Å². The van der Waals surface area contributed by atoms with Gasteiger partial charge in [-0.1, -0.05) is 24.3 Å². The van der Waals surface area contributed by atoms with Crippen LogP contribution in [0.5, 0.6) is 0 Å². The second kappa shape index (κ2) is 9.17. The summed E-state index contributed by atoms with van der Waals surface area (Å²) in [5, 5.41) is 8.88. The van der Waals surface area contributed by atoms with Gasteiger partial charge in [-0.25, -0.2) is 4.39 Å². The van der Waals surface area contributed by atoms with Crippen LogP contribution >= 0.6 is 0 Å². The number of benzene rings is 1. The highest BCUT2D eigenvalue weighted by atomic mass is 19.1. The molecule has 5 nitrogen and oxygen atoms in total. The molecule has 0 unspecified atom stereocenters. The lowest BCUT2D eigenvalue weighted by atomic mass is 10.1. The topological polar surface area (TPSA) is 66.8 Å². The van der Waals surface area contributed by atoms with E-state index in [4.69, 9.17) is 9.84 Å². The van der Waals surface area contributed by atoms with Gasteiger partial charge in [0.2, 0.25) is 5.91 Å². The van der Waals surface area contributed by atoms with Gasteiger partial charge < -0.3 is 14.7 Å². The number of carbonyl (C=O) groups is 2. The molecule has 0 bridgehead atoms. The molecule has 6 heteroatoms. The number of carboxylic acid groups (broad SMARTS) is 1. The van der Waals surface area contributed by atoms with Crippen LogP contribution in [0.25, 0.3) is 6.08 Å². The summed E-state index contributed by atoms with van der Waals surface area (Å²) in [4.78, 5) is 25.0. The third-order valence-electron chi connectivity index (χ3n) is 3.97.